The molecule has 3 heterocycles. The minimum absolute atomic E-state index is 0.0462. The number of fused-ring (bicyclic) bond motifs is 1. The second kappa shape index (κ2) is 9.26. The Kier molecular flexibility index (Phi) is 6.72. The van der Waals surface area contributed by atoms with Crippen LogP contribution in [-0.2, 0) is 9.59 Å². The molecule has 2 amide bonds. The third kappa shape index (κ3) is 4.31. The van der Waals surface area contributed by atoms with Crippen molar-refractivity contribution in [3.63, 3.8) is 0 Å². The van der Waals surface area contributed by atoms with Gasteiger partial charge in [-0.2, -0.15) is 0 Å². The fourth-order valence-electron chi connectivity index (χ4n) is 3.84. The van der Waals surface area contributed by atoms with Gasteiger partial charge in [0.05, 0.1) is 17.3 Å². The van der Waals surface area contributed by atoms with Crippen LogP contribution in [0.3, 0.4) is 0 Å². The highest BCUT2D eigenvalue weighted by molar-refractivity contribution is 6.34. The van der Waals surface area contributed by atoms with Crippen molar-refractivity contribution in [2.24, 2.45) is 0 Å². The molecule has 2 aromatic rings. The molecule has 1 saturated heterocycles. The first-order chi connectivity index (χ1) is 14.4. The third-order valence-electron chi connectivity index (χ3n) is 5.40. The molecule has 1 fully saturated rings. The number of carbonyl (C=O) groups is 2. The summed E-state index contributed by atoms with van der Waals surface area (Å²) < 4.78 is 13.6. The van der Waals surface area contributed by atoms with Gasteiger partial charge in [0.25, 0.3) is 5.91 Å². The smallest absolute Gasteiger partial charge is 0.256 e. The monoisotopic (exact) mass is 412 g/mol. The van der Waals surface area contributed by atoms with E-state index >= 15 is 0 Å². The molecule has 1 aromatic heterocycles. The minimum Gasteiger partial charge on any atom is -0.357 e. The molecule has 4 rings (SSSR count). The van der Waals surface area contributed by atoms with Crippen molar-refractivity contribution in [3.05, 3.63) is 46.5 Å². The normalized spacial score (nSPS) is 19.0. The lowest BCUT2D eigenvalue weighted by molar-refractivity contribution is -0.118. The van der Waals surface area contributed by atoms with Crippen molar-refractivity contribution in [1.82, 2.24) is 10.3 Å². The first kappa shape index (κ1) is 21.8. The zero-order chi connectivity index (χ0) is 21.8. The maximum absolute atomic E-state index is 13.6. The van der Waals surface area contributed by atoms with E-state index in [0.29, 0.717) is 22.5 Å². The maximum atomic E-state index is 13.6. The summed E-state index contributed by atoms with van der Waals surface area (Å²) in [6.45, 7) is 8.62. The summed E-state index contributed by atoms with van der Waals surface area (Å²) in [5, 5.41) is 9.00. The van der Waals surface area contributed by atoms with E-state index in [-0.39, 0.29) is 17.9 Å². The number of benzene rings is 1. The van der Waals surface area contributed by atoms with Crippen molar-refractivity contribution in [1.29, 1.82) is 0 Å². The predicted molar refractivity (Wildman–Crippen MR) is 119 cm³/mol. The molecule has 2 aliphatic rings. The van der Waals surface area contributed by atoms with Gasteiger partial charge in [0, 0.05) is 22.6 Å². The molecule has 30 heavy (non-hydrogen) atoms. The lowest BCUT2D eigenvalue weighted by Gasteiger charge is -2.22. The van der Waals surface area contributed by atoms with Crippen LogP contribution >= 0.6 is 0 Å². The summed E-state index contributed by atoms with van der Waals surface area (Å²) in [7, 11) is 0. The number of amides is 2. The van der Waals surface area contributed by atoms with Crippen molar-refractivity contribution in [2.75, 3.05) is 17.2 Å². The van der Waals surface area contributed by atoms with Crippen LogP contribution in [0, 0.1) is 19.7 Å². The van der Waals surface area contributed by atoms with Gasteiger partial charge in [-0.05, 0) is 63.1 Å². The van der Waals surface area contributed by atoms with Crippen LogP contribution in [0.1, 0.15) is 55.6 Å². The van der Waals surface area contributed by atoms with Crippen LogP contribution < -0.4 is 16.0 Å². The molecular weight excluding hydrogens is 383 g/mol. The molecule has 0 saturated carbocycles. The van der Waals surface area contributed by atoms with Crippen LogP contribution in [0.15, 0.2) is 18.2 Å². The molecule has 0 spiro atoms. The van der Waals surface area contributed by atoms with E-state index in [2.05, 4.69) is 20.9 Å². The van der Waals surface area contributed by atoms with Gasteiger partial charge in [0.1, 0.15) is 5.82 Å². The SMILES string of the molecule is CC.Cc1[nH]c(/C=C2\C(=O)Nc3ccc(F)cc32)c(C)c1NC(=O)C1CCCCN1. The first-order valence-electron chi connectivity index (χ1n) is 10.5. The number of hydrogen-bond acceptors (Lipinski definition) is 3. The molecule has 1 unspecified atom stereocenters. The Morgan fingerprint density at radius 2 is 2.00 bits per heavy atom. The fourth-order valence-corrected chi connectivity index (χ4v) is 3.84. The summed E-state index contributed by atoms with van der Waals surface area (Å²) in [5.74, 6) is -0.715. The zero-order valence-electron chi connectivity index (χ0n) is 17.9. The van der Waals surface area contributed by atoms with Crippen LogP contribution in [0.4, 0.5) is 15.8 Å². The number of halogens is 1. The van der Waals surface area contributed by atoms with Crippen molar-refractivity contribution in [2.45, 2.75) is 53.0 Å². The average Bonchev–Trinajstić information content (AvgIpc) is 3.20. The standard InChI is InChI=1S/C21H23FN4O2.C2H6/c1-11-18(10-15-14-9-13(22)6-7-16(14)25-20(15)27)24-12(2)19(11)26-21(28)17-5-3-4-8-23-17;1-2/h6-7,9-10,17,23-24H,3-5,8H2,1-2H3,(H,25,27)(H,26,28);1-2H3/b15-10-;. The number of rotatable bonds is 3. The quantitative estimate of drug-likeness (QED) is 0.565. The summed E-state index contributed by atoms with van der Waals surface area (Å²) >= 11 is 0. The molecule has 1 aromatic carbocycles. The van der Waals surface area contributed by atoms with E-state index in [1.54, 1.807) is 12.1 Å². The molecule has 0 bridgehead atoms. The Morgan fingerprint density at radius 1 is 1.23 bits per heavy atom. The largest absolute Gasteiger partial charge is 0.357 e. The molecule has 0 aliphatic carbocycles. The Morgan fingerprint density at radius 3 is 2.70 bits per heavy atom. The molecule has 2 aliphatic heterocycles. The van der Waals surface area contributed by atoms with Gasteiger partial charge in [-0.25, -0.2) is 4.39 Å². The van der Waals surface area contributed by atoms with E-state index < -0.39 is 5.82 Å². The Labute approximate surface area is 176 Å². The second-order valence-electron chi connectivity index (χ2n) is 7.36. The number of aromatic amines is 1. The minimum atomic E-state index is -0.395. The molecule has 6 nitrogen and oxygen atoms in total. The topological polar surface area (TPSA) is 86.0 Å². The van der Waals surface area contributed by atoms with Gasteiger partial charge in [-0.3, -0.25) is 9.59 Å². The van der Waals surface area contributed by atoms with Crippen LogP contribution in [0.5, 0.6) is 0 Å². The van der Waals surface area contributed by atoms with Gasteiger partial charge in [-0.1, -0.05) is 20.3 Å². The Bertz CT molecular complexity index is 987. The lowest BCUT2D eigenvalue weighted by Crippen LogP contribution is -2.43. The number of hydrogen-bond donors (Lipinski definition) is 4. The van der Waals surface area contributed by atoms with Gasteiger partial charge in [-0.15, -0.1) is 0 Å². The molecule has 0 radical (unpaired) electrons. The van der Waals surface area contributed by atoms with Crippen LogP contribution in [0.2, 0.25) is 0 Å². The average molecular weight is 413 g/mol. The number of H-pyrrole nitrogens is 1. The Hall–Kier alpha value is -2.93. The summed E-state index contributed by atoms with van der Waals surface area (Å²) in [6, 6.07) is 4.04. The molecule has 1 atom stereocenters. The van der Waals surface area contributed by atoms with Crippen molar-refractivity contribution >= 4 is 34.8 Å². The summed E-state index contributed by atoms with van der Waals surface area (Å²) in [6.07, 6.45) is 4.66. The summed E-state index contributed by atoms with van der Waals surface area (Å²) in [4.78, 5) is 28.1. The highest BCUT2D eigenvalue weighted by Crippen LogP contribution is 2.35. The number of nitrogens with one attached hydrogen (secondary N) is 4. The van der Waals surface area contributed by atoms with E-state index in [0.717, 1.165) is 42.8 Å². The highest BCUT2D eigenvalue weighted by atomic mass is 19.1. The maximum Gasteiger partial charge on any atom is 0.256 e. The van der Waals surface area contributed by atoms with E-state index in [4.69, 9.17) is 0 Å². The van der Waals surface area contributed by atoms with Crippen LogP contribution in [-0.4, -0.2) is 29.4 Å². The number of carbonyl (C=O) groups excluding carboxylic acids is 2. The number of aryl methyl sites for hydroxylation is 1. The van der Waals surface area contributed by atoms with Crippen molar-refractivity contribution in [3.8, 4) is 0 Å². The second-order valence-corrected chi connectivity index (χ2v) is 7.36. The fraction of sp³-hybridized carbons (Fsp3) is 0.391. The zero-order valence-corrected chi connectivity index (χ0v) is 17.9. The third-order valence-corrected chi connectivity index (χ3v) is 5.40. The van der Waals surface area contributed by atoms with Crippen molar-refractivity contribution < 1.29 is 14.0 Å². The molecule has 4 N–H and O–H groups in total. The molecule has 160 valence electrons. The van der Waals surface area contributed by atoms with Gasteiger partial charge < -0.3 is 20.9 Å². The Balaban J connectivity index is 0.00000124. The summed E-state index contributed by atoms with van der Waals surface area (Å²) in [5.41, 5.74) is 4.61. The highest BCUT2D eigenvalue weighted by Gasteiger charge is 2.26. The molecular formula is C23H29FN4O2. The van der Waals surface area contributed by atoms with E-state index in [1.807, 2.05) is 27.7 Å². The van der Waals surface area contributed by atoms with Gasteiger partial charge in [0.2, 0.25) is 5.91 Å². The van der Waals surface area contributed by atoms with Gasteiger partial charge in [0.15, 0.2) is 0 Å². The number of piperidine rings is 1. The van der Waals surface area contributed by atoms with E-state index in [1.165, 1.54) is 12.1 Å². The lowest BCUT2D eigenvalue weighted by atomic mass is 10.0. The molecule has 7 heteroatoms. The number of anilines is 2. The van der Waals surface area contributed by atoms with E-state index in [9.17, 15) is 14.0 Å². The number of aromatic nitrogens is 1. The predicted octanol–water partition coefficient (Wildman–Crippen LogP) is 4.37. The first-order valence-corrected chi connectivity index (χ1v) is 10.5. The van der Waals surface area contributed by atoms with Gasteiger partial charge >= 0.3 is 0 Å². The van der Waals surface area contributed by atoms with Crippen LogP contribution in [0.25, 0.3) is 11.6 Å².